The molecule has 120 valence electrons. The van der Waals surface area contributed by atoms with Crippen molar-refractivity contribution in [1.82, 2.24) is 19.4 Å². The number of halogens is 1. The molecule has 1 N–H and O–H groups in total. The summed E-state index contributed by atoms with van der Waals surface area (Å²) in [6.45, 7) is 2.98. The van der Waals surface area contributed by atoms with Gasteiger partial charge in [0.2, 0.25) is 0 Å². The molecule has 1 unspecified atom stereocenters. The number of carbonyl (C=O) groups excluding carboxylic acids is 1. The van der Waals surface area contributed by atoms with E-state index in [2.05, 4.69) is 16.0 Å². The van der Waals surface area contributed by atoms with Crippen LogP contribution in [0.4, 0.5) is 0 Å². The second-order valence-corrected chi connectivity index (χ2v) is 6.35. The fourth-order valence-electron chi connectivity index (χ4n) is 3.29. The highest BCUT2D eigenvalue weighted by molar-refractivity contribution is 6.35. The summed E-state index contributed by atoms with van der Waals surface area (Å²) < 4.78 is 1.99. The summed E-state index contributed by atoms with van der Waals surface area (Å²) in [6, 6.07) is 11.3. The number of benzene rings is 1. The Bertz CT molecular complexity index is 996. The lowest BCUT2D eigenvalue weighted by atomic mass is 10.2. The van der Waals surface area contributed by atoms with Gasteiger partial charge in [-0.05, 0) is 31.2 Å². The van der Waals surface area contributed by atoms with Crippen LogP contribution in [0.25, 0.3) is 11.0 Å². The van der Waals surface area contributed by atoms with Crippen LogP contribution in [-0.2, 0) is 6.54 Å². The Morgan fingerprint density at radius 3 is 3.00 bits per heavy atom. The number of nitrogens with zero attached hydrogens (tertiary/aromatic N) is 4. The smallest absolute Gasteiger partial charge is 0.290 e. The van der Waals surface area contributed by atoms with E-state index in [0.29, 0.717) is 34.8 Å². The highest BCUT2D eigenvalue weighted by atomic mass is 35.5. The third-order valence-electron chi connectivity index (χ3n) is 4.35. The predicted octanol–water partition coefficient (Wildman–Crippen LogP) is 3.11. The van der Waals surface area contributed by atoms with E-state index in [4.69, 9.17) is 11.6 Å². The van der Waals surface area contributed by atoms with E-state index in [-0.39, 0.29) is 17.8 Å². The van der Waals surface area contributed by atoms with E-state index in [1.54, 1.807) is 23.1 Å². The second-order valence-electron chi connectivity index (χ2n) is 5.95. The highest BCUT2D eigenvalue weighted by Gasteiger charge is 2.29. The van der Waals surface area contributed by atoms with Crippen LogP contribution in [0.3, 0.4) is 0 Å². The molecule has 0 spiro atoms. The van der Waals surface area contributed by atoms with E-state index < -0.39 is 0 Å². The summed E-state index contributed by atoms with van der Waals surface area (Å²) in [5.41, 5.74) is 2.92. The third-order valence-corrected chi connectivity index (χ3v) is 4.67. The zero-order valence-electron chi connectivity index (χ0n) is 13.0. The average molecular weight is 340 g/mol. The molecule has 1 amide bonds. The molecule has 2 aromatic heterocycles. The molecular formula is C17H14ClN5O. The van der Waals surface area contributed by atoms with E-state index in [1.165, 1.54) is 0 Å². The van der Waals surface area contributed by atoms with Crippen molar-refractivity contribution in [3.63, 3.8) is 0 Å². The molecule has 0 saturated carbocycles. The maximum atomic E-state index is 12.8. The number of amides is 1. The van der Waals surface area contributed by atoms with Crippen molar-refractivity contribution >= 4 is 28.5 Å². The molecule has 3 heterocycles. The van der Waals surface area contributed by atoms with E-state index in [9.17, 15) is 10.1 Å². The molecule has 6 nitrogen and oxygen atoms in total. The molecule has 1 aliphatic rings. The van der Waals surface area contributed by atoms with Gasteiger partial charge >= 0.3 is 0 Å². The van der Waals surface area contributed by atoms with Gasteiger partial charge in [-0.15, -0.1) is 0 Å². The van der Waals surface area contributed by atoms with Crippen LogP contribution < -0.4 is 0 Å². The number of para-hydroxylation sites is 1. The van der Waals surface area contributed by atoms with Crippen LogP contribution >= 0.6 is 11.6 Å². The molecule has 24 heavy (non-hydrogen) atoms. The van der Waals surface area contributed by atoms with Crippen molar-refractivity contribution in [2.24, 2.45) is 0 Å². The zero-order valence-corrected chi connectivity index (χ0v) is 13.7. The lowest BCUT2D eigenvalue weighted by molar-refractivity contribution is 0.0674. The first-order valence-electron chi connectivity index (χ1n) is 7.62. The average Bonchev–Trinajstić information content (AvgIpc) is 3.18. The van der Waals surface area contributed by atoms with Gasteiger partial charge < -0.3 is 14.5 Å². The van der Waals surface area contributed by atoms with Crippen LogP contribution in [-0.4, -0.2) is 31.9 Å². The van der Waals surface area contributed by atoms with Gasteiger partial charge in [0, 0.05) is 18.3 Å². The first-order valence-corrected chi connectivity index (χ1v) is 8.00. The van der Waals surface area contributed by atoms with Gasteiger partial charge in [-0.25, -0.2) is 4.98 Å². The van der Waals surface area contributed by atoms with Crippen molar-refractivity contribution in [2.75, 3.05) is 6.54 Å². The Kier molecular flexibility index (Phi) is 3.32. The minimum absolute atomic E-state index is 0.0373. The van der Waals surface area contributed by atoms with Crippen LogP contribution in [0.2, 0.25) is 5.02 Å². The van der Waals surface area contributed by atoms with E-state index in [1.807, 2.05) is 23.6 Å². The number of fused-ring (bicyclic) bond motifs is 2. The van der Waals surface area contributed by atoms with E-state index >= 15 is 0 Å². The van der Waals surface area contributed by atoms with Crippen LogP contribution in [0.5, 0.6) is 0 Å². The number of rotatable bonds is 1. The lowest BCUT2D eigenvalue weighted by Crippen LogP contribution is -2.40. The van der Waals surface area contributed by atoms with Gasteiger partial charge in [0.25, 0.3) is 5.91 Å². The summed E-state index contributed by atoms with van der Waals surface area (Å²) in [5.74, 6) is 0.117. The first kappa shape index (κ1) is 14.8. The number of aromatic amines is 1. The van der Waals surface area contributed by atoms with E-state index in [0.717, 1.165) is 5.69 Å². The van der Waals surface area contributed by atoms with Crippen molar-refractivity contribution in [3.8, 4) is 6.07 Å². The monoisotopic (exact) mass is 339 g/mol. The Balaban J connectivity index is 1.67. The number of aromatic nitrogens is 3. The lowest BCUT2D eigenvalue weighted by Gasteiger charge is -2.33. The maximum Gasteiger partial charge on any atom is 0.290 e. The molecule has 1 aliphatic heterocycles. The van der Waals surface area contributed by atoms with Gasteiger partial charge in [0.1, 0.15) is 11.8 Å². The normalized spacial score (nSPS) is 16.9. The summed E-state index contributed by atoms with van der Waals surface area (Å²) in [5, 5.41) is 9.72. The molecule has 0 fully saturated rings. The summed E-state index contributed by atoms with van der Waals surface area (Å²) >= 11 is 6.14. The Hall–Kier alpha value is -2.78. The number of hydrogen-bond acceptors (Lipinski definition) is 3. The summed E-state index contributed by atoms with van der Waals surface area (Å²) in [6.07, 6.45) is 0. The van der Waals surface area contributed by atoms with Crippen LogP contribution in [0, 0.1) is 11.3 Å². The summed E-state index contributed by atoms with van der Waals surface area (Å²) in [4.78, 5) is 22.0. The fourth-order valence-corrected chi connectivity index (χ4v) is 3.51. The quantitative estimate of drug-likeness (QED) is 0.740. The number of carbonyl (C=O) groups is 1. The molecule has 1 aromatic carbocycles. The molecular weight excluding hydrogens is 326 g/mol. The van der Waals surface area contributed by atoms with Crippen LogP contribution in [0.1, 0.15) is 35.0 Å². The fraction of sp³-hybridized carbons (Fsp3) is 0.235. The molecule has 0 saturated heterocycles. The number of nitriles is 1. The van der Waals surface area contributed by atoms with Crippen molar-refractivity contribution in [2.45, 2.75) is 19.5 Å². The number of hydrogen-bond donors (Lipinski definition) is 1. The van der Waals surface area contributed by atoms with Gasteiger partial charge in [-0.3, -0.25) is 4.79 Å². The molecule has 3 aromatic rings. The summed E-state index contributed by atoms with van der Waals surface area (Å²) in [7, 11) is 0. The van der Waals surface area contributed by atoms with Gasteiger partial charge in [0.05, 0.1) is 22.6 Å². The molecule has 7 heteroatoms. The Morgan fingerprint density at radius 2 is 2.25 bits per heavy atom. The number of nitrogens with one attached hydrogen (secondary N) is 1. The SMILES string of the molecule is CC1CN(C(=O)c2nc3cccc(Cl)c3[nH]2)Cc2ccc(C#N)n21. The van der Waals surface area contributed by atoms with Gasteiger partial charge in [0.15, 0.2) is 5.82 Å². The van der Waals surface area contributed by atoms with Gasteiger partial charge in [-0.2, -0.15) is 5.26 Å². The topological polar surface area (TPSA) is 77.7 Å². The Labute approximate surface area is 143 Å². The zero-order chi connectivity index (χ0) is 16.8. The molecule has 1 atom stereocenters. The Morgan fingerprint density at radius 1 is 1.42 bits per heavy atom. The van der Waals surface area contributed by atoms with Crippen LogP contribution in [0.15, 0.2) is 30.3 Å². The largest absolute Gasteiger partial charge is 0.333 e. The molecule has 4 rings (SSSR count). The highest BCUT2D eigenvalue weighted by Crippen LogP contribution is 2.26. The molecule has 0 aliphatic carbocycles. The van der Waals surface area contributed by atoms with Crippen molar-refractivity contribution < 1.29 is 4.79 Å². The number of H-pyrrole nitrogens is 1. The standard InChI is InChI=1S/C17H14ClN5O/c1-10-8-22(9-12-6-5-11(7-19)23(10)12)17(24)16-20-14-4-2-3-13(18)15(14)21-16/h2-6,10H,8-9H2,1H3,(H,20,21). The van der Waals surface area contributed by atoms with Crippen molar-refractivity contribution in [3.05, 3.63) is 52.6 Å². The second kappa shape index (κ2) is 5.39. The number of imidazole rings is 1. The predicted molar refractivity (Wildman–Crippen MR) is 89.7 cm³/mol. The van der Waals surface area contributed by atoms with Crippen molar-refractivity contribution in [1.29, 1.82) is 5.26 Å². The maximum absolute atomic E-state index is 12.8. The first-order chi connectivity index (χ1) is 11.6. The molecule has 0 bridgehead atoms. The minimum atomic E-state index is -0.167. The molecule has 0 radical (unpaired) electrons. The van der Waals surface area contributed by atoms with Gasteiger partial charge in [-0.1, -0.05) is 17.7 Å². The third kappa shape index (κ3) is 2.17. The minimum Gasteiger partial charge on any atom is -0.333 e.